The quantitative estimate of drug-likeness (QED) is 0.647. The Kier molecular flexibility index (Phi) is 4.58. The lowest BCUT2D eigenvalue weighted by molar-refractivity contribution is -0.653. The van der Waals surface area contributed by atoms with Crippen molar-refractivity contribution in [1.82, 2.24) is 4.98 Å². The van der Waals surface area contributed by atoms with Crippen LogP contribution in [0.15, 0.2) is 24.4 Å². The summed E-state index contributed by atoms with van der Waals surface area (Å²) in [6.07, 6.45) is 3.42. The first-order valence-corrected chi connectivity index (χ1v) is 4.52. The van der Waals surface area contributed by atoms with Crippen LogP contribution in [0, 0.1) is 11.3 Å². The summed E-state index contributed by atoms with van der Waals surface area (Å²) in [5.74, 6) is 0. The van der Waals surface area contributed by atoms with Crippen LogP contribution in [0.4, 0.5) is 0 Å². The number of rotatable bonds is 5. The fourth-order valence-electron chi connectivity index (χ4n) is 1.11. The van der Waals surface area contributed by atoms with E-state index in [1.807, 2.05) is 24.4 Å². The topological polar surface area (TPSA) is 53.3 Å². The van der Waals surface area contributed by atoms with Crippen molar-refractivity contribution < 1.29 is 5.32 Å². The molecule has 0 atom stereocenters. The Morgan fingerprint density at radius 1 is 1.38 bits per heavy atom. The maximum absolute atomic E-state index is 8.30. The van der Waals surface area contributed by atoms with Gasteiger partial charge in [-0.2, -0.15) is 5.26 Å². The van der Waals surface area contributed by atoms with Gasteiger partial charge in [0.25, 0.3) is 0 Å². The highest BCUT2D eigenvalue weighted by Gasteiger charge is 1.94. The Bertz CT molecular complexity index is 263. The number of aromatic nitrogens is 1. The van der Waals surface area contributed by atoms with Crippen LogP contribution < -0.4 is 5.32 Å². The molecular formula is C10H14N3+. The van der Waals surface area contributed by atoms with Crippen LogP contribution in [0.25, 0.3) is 0 Å². The van der Waals surface area contributed by atoms with Gasteiger partial charge in [-0.3, -0.25) is 4.98 Å². The van der Waals surface area contributed by atoms with E-state index < -0.39 is 0 Å². The normalized spacial score (nSPS) is 9.46. The zero-order valence-corrected chi connectivity index (χ0v) is 7.61. The van der Waals surface area contributed by atoms with Gasteiger partial charge >= 0.3 is 0 Å². The SMILES string of the molecule is N#CCC[NH2+]CCc1ccccn1. The predicted octanol–water partition coefficient (Wildman–Crippen LogP) is 0.101. The van der Waals surface area contributed by atoms with E-state index in [2.05, 4.69) is 16.4 Å². The number of nitriles is 1. The van der Waals surface area contributed by atoms with Gasteiger partial charge in [0, 0.05) is 18.3 Å². The lowest BCUT2D eigenvalue weighted by Crippen LogP contribution is -2.84. The van der Waals surface area contributed by atoms with Crippen molar-refractivity contribution in [3.05, 3.63) is 30.1 Å². The van der Waals surface area contributed by atoms with E-state index in [0.717, 1.165) is 25.2 Å². The van der Waals surface area contributed by atoms with Crippen molar-refractivity contribution >= 4 is 0 Å². The summed E-state index contributed by atoms with van der Waals surface area (Å²) in [5.41, 5.74) is 1.12. The molecule has 0 radical (unpaired) electrons. The molecule has 2 N–H and O–H groups in total. The van der Waals surface area contributed by atoms with Crippen LogP contribution in [-0.2, 0) is 6.42 Å². The fourth-order valence-corrected chi connectivity index (χ4v) is 1.11. The first-order chi connectivity index (χ1) is 6.43. The van der Waals surface area contributed by atoms with Crippen LogP contribution in [0.3, 0.4) is 0 Å². The van der Waals surface area contributed by atoms with Crippen LogP contribution in [0.5, 0.6) is 0 Å². The molecule has 1 aromatic heterocycles. The van der Waals surface area contributed by atoms with Crippen molar-refractivity contribution in [2.75, 3.05) is 13.1 Å². The minimum atomic E-state index is 0.627. The number of nitrogens with zero attached hydrogens (tertiary/aromatic N) is 2. The van der Waals surface area contributed by atoms with Crippen LogP contribution in [0.2, 0.25) is 0 Å². The minimum Gasteiger partial charge on any atom is -0.345 e. The number of hydrogen-bond donors (Lipinski definition) is 1. The van der Waals surface area contributed by atoms with Gasteiger partial charge in [0.2, 0.25) is 0 Å². The summed E-state index contributed by atoms with van der Waals surface area (Å²) in [5, 5.41) is 10.5. The highest BCUT2D eigenvalue weighted by Crippen LogP contribution is 1.91. The Balaban J connectivity index is 2.11. The van der Waals surface area contributed by atoms with E-state index in [4.69, 9.17) is 5.26 Å². The molecule has 0 amide bonds. The fraction of sp³-hybridized carbons (Fsp3) is 0.400. The smallest absolute Gasteiger partial charge is 0.0887 e. The average Bonchev–Trinajstić information content (AvgIpc) is 2.19. The van der Waals surface area contributed by atoms with Gasteiger partial charge in [0.05, 0.1) is 25.6 Å². The van der Waals surface area contributed by atoms with E-state index in [9.17, 15) is 0 Å². The molecule has 0 aliphatic carbocycles. The summed E-state index contributed by atoms with van der Waals surface area (Å²) in [6.45, 7) is 1.90. The minimum absolute atomic E-state index is 0.627. The first kappa shape index (κ1) is 9.69. The molecule has 0 saturated carbocycles. The molecule has 13 heavy (non-hydrogen) atoms. The third-order valence-corrected chi connectivity index (χ3v) is 1.79. The molecule has 0 bridgehead atoms. The second-order valence-electron chi connectivity index (χ2n) is 2.85. The van der Waals surface area contributed by atoms with Gasteiger partial charge < -0.3 is 5.32 Å². The number of pyridine rings is 1. The lowest BCUT2D eigenvalue weighted by atomic mass is 10.3. The van der Waals surface area contributed by atoms with E-state index in [-0.39, 0.29) is 0 Å². The van der Waals surface area contributed by atoms with E-state index in [1.165, 1.54) is 0 Å². The number of nitrogens with two attached hydrogens (primary N) is 1. The molecule has 1 aromatic rings. The van der Waals surface area contributed by atoms with Crippen LogP contribution in [0.1, 0.15) is 12.1 Å². The highest BCUT2D eigenvalue weighted by molar-refractivity contribution is 5.03. The van der Waals surface area contributed by atoms with E-state index >= 15 is 0 Å². The van der Waals surface area contributed by atoms with Gasteiger partial charge in [-0.1, -0.05) is 6.07 Å². The molecule has 0 fully saturated rings. The van der Waals surface area contributed by atoms with Crippen molar-refractivity contribution in [1.29, 1.82) is 5.26 Å². The molecule has 0 aromatic carbocycles. The summed E-state index contributed by atoms with van der Waals surface area (Å²) in [6, 6.07) is 8.06. The molecule has 0 unspecified atom stereocenters. The van der Waals surface area contributed by atoms with Gasteiger partial charge in [-0.05, 0) is 12.1 Å². The average molecular weight is 176 g/mol. The standard InChI is InChI=1S/C10H13N3/c11-6-3-7-12-9-5-10-4-1-2-8-13-10/h1-2,4,8,12H,3,5,7,9H2/p+1. The molecule has 3 heteroatoms. The largest absolute Gasteiger partial charge is 0.345 e. The molecule has 0 saturated heterocycles. The number of quaternary nitrogens is 1. The molecule has 0 aliphatic rings. The van der Waals surface area contributed by atoms with Crippen LogP contribution >= 0.6 is 0 Å². The van der Waals surface area contributed by atoms with Gasteiger partial charge in [0.1, 0.15) is 0 Å². The summed E-state index contributed by atoms with van der Waals surface area (Å²) in [7, 11) is 0. The second-order valence-corrected chi connectivity index (χ2v) is 2.85. The highest BCUT2D eigenvalue weighted by atomic mass is 14.8. The maximum Gasteiger partial charge on any atom is 0.0887 e. The Morgan fingerprint density at radius 2 is 2.31 bits per heavy atom. The lowest BCUT2D eigenvalue weighted by Gasteiger charge is -1.98. The third kappa shape index (κ3) is 4.24. The van der Waals surface area contributed by atoms with Crippen molar-refractivity contribution in [2.45, 2.75) is 12.8 Å². The summed E-state index contributed by atoms with van der Waals surface area (Å²) in [4.78, 5) is 4.21. The van der Waals surface area contributed by atoms with Crippen molar-refractivity contribution in [3.8, 4) is 6.07 Å². The monoisotopic (exact) mass is 176 g/mol. The Hall–Kier alpha value is -1.40. The van der Waals surface area contributed by atoms with Crippen LogP contribution in [-0.4, -0.2) is 18.1 Å². The number of hydrogen-bond acceptors (Lipinski definition) is 2. The van der Waals surface area contributed by atoms with Gasteiger partial charge in [-0.25, -0.2) is 0 Å². The van der Waals surface area contributed by atoms with E-state index in [1.54, 1.807) is 0 Å². The molecule has 0 spiro atoms. The summed E-state index contributed by atoms with van der Waals surface area (Å²) >= 11 is 0. The molecule has 3 nitrogen and oxygen atoms in total. The molecule has 68 valence electrons. The Labute approximate surface area is 78.4 Å². The zero-order valence-electron chi connectivity index (χ0n) is 7.61. The second kappa shape index (κ2) is 6.15. The maximum atomic E-state index is 8.30. The third-order valence-electron chi connectivity index (χ3n) is 1.79. The molecule has 0 aliphatic heterocycles. The predicted molar refractivity (Wildman–Crippen MR) is 49.8 cm³/mol. The van der Waals surface area contributed by atoms with Crippen molar-refractivity contribution in [3.63, 3.8) is 0 Å². The molecule has 1 rings (SSSR count). The Morgan fingerprint density at radius 3 is 3.00 bits per heavy atom. The zero-order chi connectivity index (χ0) is 9.36. The van der Waals surface area contributed by atoms with E-state index in [0.29, 0.717) is 6.42 Å². The summed E-state index contributed by atoms with van der Waals surface area (Å²) < 4.78 is 0. The molecule has 1 heterocycles. The van der Waals surface area contributed by atoms with Gasteiger partial charge in [-0.15, -0.1) is 0 Å². The van der Waals surface area contributed by atoms with Gasteiger partial charge in [0.15, 0.2) is 0 Å². The van der Waals surface area contributed by atoms with Crippen molar-refractivity contribution in [2.24, 2.45) is 0 Å². The molecular weight excluding hydrogens is 162 g/mol. The first-order valence-electron chi connectivity index (χ1n) is 4.52.